The van der Waals surface area contributed by atoms with Crippen LogP contribution in [0.5, 0.6) is 11.5 Å². The summed E-state index contributed by atoms with van der Waals surface area (Å²) in [7, 11) is 0. The van der Waals surface area contributed by atoms with Crippen LogP contribution < -0.4 is 9.47 Å². The fraction of sp³-hybridized carbons (Fsp3) is 0.786. The molecule has 0 spiro atoms. The van der Waals surface area contributed by atoms with Gasteiger partial charge in [-0.1, -0.05) is 80.1 Å². The van der Waals surface area contributed by atoms with E-state index in [1.807, 2.05) is 12.1 Å². The lowest BCUT2D eigenvalue weighted by Gasteiger charge is -2.18. The van der Waals surface area contributed by atoms with E-state index in [1.165, 1.54) is 38.5 Å². The van der Waals surface area contributed by atoms with Crippen LogP contribution in [0.25, 0.3) is 0 Å². The fourth-order valence-corrected chi connectivity index (χ4v) is 4.32. The molecule has 0 aliphatic carbocycles. The number of hydrogen-bond acceptors (Lipinski definition) is 2. The molecule has 2 nitrogen and oxygen atoms in total. The average molecular weight is 488 g/mol. The lowest BCUT2D eigenvalue weighted by Crippen LogP contribution is -2.08. The van der Waals surface area contributed by atoms with Gasteiger partial charge in [0, 0.05) is 11.1 Å². The molecule has 1 rings (SSSR count). The Bertz CT molecular complexity index is 562. The molecule has 4 heteroatoms. The summed E-state index contributed by atoms with van der Waals surface area (Å²) in [5, 5.41) is 0. The highest BCUT2D eigenvalue weighted by atomic mass is 35.5. The molecule has 0 fully saturated rings. The van der Waals surface area contributed by atoms with Crippen LogP contribution in [0.15, 0.2) is 12.1 Å². The summed E-state index contributed by atoms with van der Waals surface area (Å²) in [5.74, 6) is 5.42. The molecule has 0 saturated heterocycles. The number of hydrogen-bond donors (Lipinski definition) is 0. The standard InChI is InChI=1S/C28H48Cl2O2/c1-21(2)9-7-11-23(5)13-15-31-27-17-26(20-30)28(18-25(27)19-29)32-16-14-24(6)12-8-10-22(3)4/h17-18,21-24H,7-16,19-20H2,1-6H3/t23-,24+. The Morgan fingerprint density at radius 3 is 1.28 bits per heavy atom. The molecule has 0 saturated carbocycles. The molecule has 0 N–H and O–H groups in total. The summed E-state index contributed by atoms with van der Waals surface area (Å²) in [5.41, 5.74) is 1.96. The molecular formula is C28H48Cl2O2. The van der Waals surface area contributed by atoms with E-state index in [9.17, 15) is 0 Å². The van der Waals surface area contributed by atoms with Crippen molar-refractivity contribution in [2.24, 2.45) is 23.7 Å². The highest BCUT2D eigenvalue weighted by molar-refractivity contribution is 6.18. The zero-order valence-electron chi connectivity index (χ0n) is 21.5. The van der Waals surface area contributed by atoms with Crippen molar-refractivity contribution in [1.29, 1.82) is 0 Å². The molecule has 2 atom stereocenters. The zero-order chi connectivity index (χ0) is 23.9. The van der Waals surface area contributed by atoms with Gasteiger partial charge < -0.3 is 9.47 Å². The third kappa shape index (κ3) is 12.6. The molecular weight excluding hydrogens is 439 g/mol. The van der Waals surface area contributed by atoms with Gasteiger partial charge in [-0.3, -0.25) is 0 Å². The highest BCUT2D eigenvalue weighted by Gasteiger charge is 2.13. The number of benzene rings is 1. The summed E-state index contributed by atoms with van der Waals surface area (Å²) in [6.07, 6.45) is 9.85. The Morgan fingerprint density at radius 2 is 0.969 bits per heavy atom. The second-order valence-electron chi connectivity index (χ2n) is 10.5. The predicted molar refractivity (Wildman–Crippen MR) is 141 cm³/mol. The van der Waals surface area contributed by atoms with Gasteiger partial charge in [-0.15, -0.1) is 23.2 Å². The molecule has 0 amide bonds. The van der Waals surface area contributed by atoms with Crippen molar-refractivity contribution in [3.63, 3.8) is 0 Å². The van der Waals surface area contributed by atoms with E-state index in [0.717, 1.165) is 47.3 Å². The van der Waals surface area contributed by atoms with Crippen molar-refractivity contribution < 1.29 is 9.47 Å². The predicted octanol–water partition coefficient (Wildman–Crippen LogP) is 9.63. The molecule has 0 aliphatic rings. The van der Waals surface area contributed by atoms with Gasteiger partial charge in [-0.25, -0.2) is 0 Å². The first-order valence-electron chi connectivity index (χ1n) is 12.8. The molecule has 32 heavy (non-hydrogen) atoms. The molecule has 0 aromatic heterocycles. The second kappa shape index (κ2) is 16.9. The molecule has 1 aromatic rings. The summed E-state index contributed by atoms with van der Waals surface area (Å²) in [6, 6.07) is 4.05. The van der Waals surface area contributed by atoms with E-state index < -0.39 is 0 Å². The summed E-state index contributed by atoms with van der Waals surface area (Å²) >= 11 is 12.5. The van der Waals surface area contributed by atoms with E-state index in [1.54, 1.807) is 0 Å². The molecule has 0 aliphatic heterocycles. The van der Waals surface area contributed by atoms with Crippen molar-refractivity contribution in [2.75, 3.05) is 13.2 Å². The summed E-state index contributed by atoms with van der Waals surface area (Å²) < 4.78 is 12.3. The first kappa shape index (κ1) is 29.4. The molecule has 0 heterocycles. The van der Waals surface area contributed by atoms with Gasteiger partial charge in [-0.05, 0) is 48.6 Å². The third-order valence-corrected chi connectivity index (χ3v) is 6.80. The van der Waals surface area contributed by atoms with Crippen molar-refractivity contribution in [2.45, 2.75) is 105 Å². The van der Waals surface area contributed by atoms with E-state index >= 15 is 0 Å². The Morgan fingerprint density at radius 1 is 0.594 bits per heavy atom. The van der Waals surface area contributed by atoms with E-state index in [4.69, 9.17) is 32.7 Å². The normalized spacial score (nSPS) is 13.6. The topological polar surface area (TPSA) is 18.5 Å². The van der Waals surface area contributed by atoms with Gasteiger partial charge in [0.1, 0.15) is 11.5 Å². The average Bonchev–Trinajstić information content (AvgIpc) is 2.73. The van der Waals surface area contributed by atoms with Crippen LogP contribution in [0, 0.1) is 23.7 Å². The Balaban J connectivity index is 2.55. The fourth-order valence-electron chi connectivity index (χ4n) is 3.90. The second-order valence-corrected chi connectivity index (χ2v) is 11.0. The Hall–Kier alpha value is -0.600. The van der Waals surface area contributed by atoms with E-state index in [2.05, 4.69) is 41.5 Å². The minimum Gasteiger partial charge on any atom is -0.493 e. The molecule has 0 radical (unpaired) electrons. The minimum atomic E-state index is 0.407. The monoisotopic (exact) mass is 486 g/mol. The van der Waals surface area contributed by atoms with Gasteiger partial charge in [0.2, 0.25) is 0 Å². The zero-order valence-corrected chi connectivity index (χ0v) is 23.0. The smallest absolute Gasteiger partial charge is 0.124 e. The van der Waals surface area contributed by atoms with E-state index in [0.29, 0.717) is 36.8 Å². The minimum absolute atomic E-state index is 0.407. The van der Waals surface area contributed by atoms with Crippen LogP contribution >= 0.6 is 23.2 Å². The molecule has 1 aromatic carbocycles. The maximum absolute atomic E-state index is 6.24. The van der Waals surface area contributed by atoms with Gasteiger partial charge in [0.15, 0.2) is 0 Å². The van der Waals surface area contributed by atoms with Crippen LogP contribution in [0.4, 0.5) is 0 Å². The molecule has 0 unspecified atom stereocenters. The van der Waals surface area contributed by atoms with E-state index in [-0.39, 0.29) is 0 Å². The van der Waals surface area contributed by atoms with Crippen molar-refractivity contribution >= 4 is 23.2 Å². The lowest BCUT2D eigenvalue weighted by atomic mass is 9.97. The van der Waals surface area contributed by atoms with Gasteiger partial charge in [-0.2, -0.15) is 0 Å². The van der Waals surface area contributed by atoms with Crippen molar-refractivity contribution in [3.8, 4) is 11.5 Å². The van der Waals surface area contributed by atoms with Gasteiger partial charge in [0.05, 0.1) is 25.0 Å². The largest absolute Gasteiger partial charge is 0.493 e. The first-order chi connectivity index (χ1) is 15.3. The highest BCUT2D eigenvalue weighted by Crippen LogP contribution is 2.32. The SMILES string of the molecule is CC(C)CCC[C@@H](C)CCOc1cc(CCl)c(OCC[C@@H](C)CCCC(C)C)cc1CCl. The Labute approximate surface area is 208 Å². The summed E-state index contributed by atoms with van der Waals surface area (Å²) in [4.78, 5) is 0. The number of rotatable bonds is 18. The maximum Gasteiger partial charge on any atom is 0.124 e. The van der Waals surface area contributed by atoms with Crippen LogP contribution in [0.1, 0.15) is 104 Å². The van der Waals surface area contributed by atoms with Crippen molar-refractivity contribution in [1.82, 2.24) is 0 Å². The van der Waals surface area contributed by atoms with Crippen LogP contribution in [0.2, 0.25) is 0 Å². The van der Waals surface area contributed by atoms with Crippen LogP contribution in [-0.2, 0) is 11.8 Å². The van der Waals surface area contributed by atoms with Crippen LogP contribution in [-0.4, -0.2) is 13.2 Å². The molecule has 186 valence electrons. The van der Waals surface area contributed by atoms with Gasteiger partial charge >= 0.3 is 0 Å². The first-order valence-corrected chi connectivity index (χ1v) is 13.9. The van der Waals surface area contributed by atoms with Gasteiger partial charge in [0.25, 0.3) is 0 Å². The third-order valence-electron chi connectivity index (χ3n) is 6.22. The van der Waals surface area contributed by atoms with Crippen LogP contribution in [0.3, 0.4) is 0 Å². The Kier molecular flexibility index (Phi) is 15.6. The quantitative estimate of drug-likeness (QED) is 0.192. The lowest BCUT2D eigenvalue weighted by molar-refractivity contribution is 0.266. The maximum atomic E-state index is 6.24. The number of ether oxygens (including phenoxy) is 2. The summed E-state index contributed by atoms with van der Waals surface area (Å²) in [6.45, 7) is 15.2. The number of alkyl halides is 2. The number of halogens is 2. The van der Waals surface area contributed by atoms with Crippen molar-refractivity contribution in [3.05, 3.63) is 23.3 Å². The molecule has 0 bridgehead atoms.